The smallest absolute Gasteiger partial charge is 0.412 e. The number of nitrogens with zero attached hydrogens (tertiary/aromatic N) is 1. The van der Waals surface area contributed by atoms with Crippen LogP contribution in [0.2, 0.25) is 0 Å². The van der Waals surface area contributed by atoms with Gasteiger partial charge >= 0.3 is 12.2 Å². The molecule has 1 fully saturated rings. The fourth-order valence-electron chi connectivity index (χ4n) is 3.71. The van der Waals surface area contributed by atoms with Crippen molar-refractivity contribution in [1.82, 2.24) is 4.90 Å². The van der Waals surface area contributed by atoms with Crippen LogP contribution in [-0.4, -0.2) is 35.8 Å². The normalized spacial score (nSPS) is 22.1. The lowest BCUT2D eigenvalue weighted by Gasteiger charge is -2.36. The van der Waals surface area contributed by atoms with Gasteiger partial charge < -0.3 is 14.4 Å². The number of likely N-dealkylation sites (tertiary alicyclic amines) is 1. The van der Waals surface area contributed by atoms with E-state index in [1.807, 2.05) is 57.2 Å². The molecular weight excluding hydrogens is 332 g/mol. The number of ether oxygens (including phenoxy) is 2. The van der Waals surface area contributed by atoms with Gasteiger partial charge in [0.2, 0.25) is 0 Å². The van der Waals surface area contributed by atoms with Crippen LogP contribution < -0.4 is 5.32 Å². The Morgan fingerprint density at radius 2 is 2.00 bits per heavy atom. The second kappa shape index (κ2) is 5.62. The standard InChI is InChI=1S/C20H22N2O4/c1-19(2,3)26-18(24)22-11-10-20(12-22)15-9-8-13-6-4-5-7-14(13)16(15)21-17(23)25-20/h4-9H,10-12H2,1-3H3,(H,21,23). The molecule has 1 N–H and O–H groups in total. The number of carbonyl (C=O) groups is 2. The summed E-state index contributed by atoms with van der Waals surface area (Å²) in [7, 11) is 0. The van der Waals surface area contributed by atoms with Crippen molar-refractivity contribution in [1.29, 1.82) is 0 Å². The highest BCUT2D eigenvalue weighted by molar-refractivity contribution is 6.03. The zero-order chi connectivity index (χ0) is 18.5. The van der Waals surface area contributed by atoms with Crippen molar-refractivity contribution in [3.63, 3.8) is 0 Å². The van der Waals surface area contributed by atoms with Gasteiger partial charge in [-0.2, -0.15) is 0 Å². The van der Waals surface area contributed by atoms with Gasteiger partial charge in [0.1, 0.15) is 5.60 Å². The number of rotatable bonds is 0. The van der Waals surface area contributed by atoms with E-state index in [0.717, 1.165) is 22.0 Å². The summed E-state index contributed by atoms with van der Waals surface area (Å²) in [5.41, 5.74) is 0.275. The first-order valence-corrected chi connectivity index (χ1v) is 8.78. The number of nitrogens with one attached hydrogen (secondary N) is 1. The Balaban J connectivity index is 1.72. The van der Waals surface area contributed by atoms with Crippen LogP contribution in [0.5, 0.6) is 0 Å². The number of carbonyl (C=O) groups excluding carboxylic acids is 2. The van der Waals surface area contributed by atoms with E-state index in [4.69, 9.17) is 9.47 Å². The lowest BCUT2D eigenvalue weighted by atomic mass is 9.88. The van der Waals surface area contributed by atoms with E-state index in [-0.39, 0.29) is 6.09 Å². The summed E-state index contributed by atoms with van der Waals surface area (Å²) < 4.78 is 11.2. The molecule has 2 aromatic rings. The molecule has 4 rings (SSSR count). The molecule has 1 spiro atoms. The first kappa shape index (κ1) is 16.7. The lowest BCUT2D eigenvalue weighted by molar-refractivity contribution is 0.00443. The van der Waals surface area contributed by atoms with Gasteiger partial charge in [-0.15, -0.1) is 0 Å². The Hall–Kier alpha value is -2.76. The molecule has 0 radical (unpaired) electrons. The van der Waals surface area contributed by atoms with Gasteiger partial charge in [0.05, 0.1) is 12.2 Å². The maximum atomic E-state index is 12.4. The molecule has 136 valence electrons. The molecule has 2 heterocycles. The molecule has 0 aromatic heterocycles. The number of benzene rings is 2. The number of hydrogen-bond donors (Lipinski definition) is 1. The molecular formula is C20H22N2O4. The van der Waals surface area contributed by atoms with Crippen molar-refractivity contribution < 1.29 is 19.1 Å². The lowest BCUT2D eigenvalue weighted by Crippen LogP contribution is -2.43. The Morgan fingerprint density at radius 1 is 1.23 bits per heavy atom. The maximum Gasteiger partial charge on any atom is 0.412 e. The van der Waals surface area contributed by atoms with Crippen molar-refractivity contribution in [3.05, 3.63) is 42.0 Å². The van der Waals surface area contributed by atoms with E-state index in [1.165, 1.54) is 0 Å². The summed E-state index contributed by atoms with van der Waals surface area (Å²) in [4.78, 5) is 26.3. The molecule has 6 nitrogen and oxygen atoms in total. The van der Waals surface area contributed by atoms with Gasteiger partial charge in [-0.1, -0.05) is 36.4 Å². The quantitative estimate of drug-likeness (QED) is 0.768. The molecule has 6 heteroatoms. The van der Waals surface area contributed by atoms with Gasteiger partial charge in [0, 0.05) is 23.9 Å². The fourth-order valence-corrected chi connectivity index (χ4v) is 3.71. The van der Waals surface area contributed by atoms with E-state index in [2.05, 4.69) is 5.32 Å². The van der Waals surface area contributed by atoms with Crippen LogP contribution in [0.15, 0.2) is 36.4 Å². The van der Waals surface area contributed by atoms with Crippen molar-refractivity contribution in [2.75, 3.05) is 18.4 Å². The van der Waals surface area contributed by atoms with Crippen LogP contribution in [-0.2, 0) is 15.1 Å². The molecule has 2 amide bonds. The Morgan fingerprint density at radius 3 is 2.77 bits per heavy atom. The van der Waals surface area contributed by atoms with Gasteiger partial charge in [0.15, 0.2) is 5.60 Å². The van der Waals surface area contributed by atoms with E-state index in [0.29, 0.717) is 19.5 Å². The second-order valence-corrected chi connectivity index (χ2v) is 7.87. The third-order valence-electron chi connectivity index (χ3n) is 4.82. The number of hydrogen-bond acceptors (Lipinski definition) is 4. The van der Waals surface area contributed by atoms with Gasteiger partial charge in [-0.25, -0.2) is 9.59 Å². The van der Waals surface area contributed by atoms with E-state index < -0.39 is 17.3 Å². The average Bonchev–Trinajstić information content (AvgIpc) is 2.97. The molecule has 1 atom stereocenters. The molecule has 1 saturated heterocycles. The minimum Gasteiger partial charge on any atom is -0.444 e. The van der Waals surface area contributed by atoms with Crippen molar-refractivity contribution in [3.8, 4) is 0 Å². The SMILES string of the molecule is CC(C)(C)OC(=O)N1CCC2(C1)OC(=O)Nc1c2ccc2ccccc12. The highest BCUT2D eigenvalue weighted by atomic mass is 16.6. The molecule has 1 unspecified atom stereocenters. The zero-order valence-corrected chi connectivity index (χ0v) is 15.2. The van der Waals surface area contributed by atoms with Crippen molar-refractivity contribution >= 4 is 28.6 Å². The fraction of sp³-hybridized carbons (Fsp3) is 0.400. The van der Waals surface area contributed by atoms with Crippen molar-refractivity contribution in [2.24, 2.45) is 0 Å². The average molecular weight is 354 g/mol. The molecule has 0 saturated carbocycles. The Bertz CT molecular complexity index is 902. The monoisotopic (exact) mass is 354 g/mol. The largest absolute Gasteiger partial charge is 0.444 e. The van der Waals surface area contributed by atoms with Crippen LogP contribution in [0.25, 0.3) is 10.8 Å². The highest BCUT2D eigenvalue weighted by Crippen LogP contribution is 2.45. The molecule has 2 aromatic carbocycles. The van der Waals surface area contributed by atoms with Crippen LogP contribution in [0.4, 0.5) is 15.3 Å². The summed E-state index contributed by atoms with van der Waals surface area (Å²) in [6.07, 6.45) is -0.323. The molecule has 2 aliphatic rings. The minimum atomic E-state index is -0.835. The number of fused-ring (bicyclic) bond motifs is 4. The summed E-state index contributed by atoms with van der Waals surface area (Å²) in [5, 5.41) is 4.86. The molecule has 26 heavy (non-hydrogen) atoms. The molecule has 0 aliphatic carbocycles. The van der Waals surface area contributed by atoms with Crippen LogP contribution in [0.3, 0.4) is 0 Å². The third kappa shape index (κ3) is 2.75. The van der Waals surface area contributed by atoms with E-state index >= 15 is 0 Å². The number of anilines is 1. The summed E-state index contributed by atoms with van der Waals surface area (Å²) in [6, 6.07) is 11.9. The van der Waals surface area contributed by atoms with Crippen LogP contribution >= 0.6 is 0 Å². The minimum absolute atomic E-state index is 0.292. The predicted octanol–water partition coefficient (Wildman–Crippen LogP) is 4.24. The first-order valence-electron chi connectivity index (χ1n) is 8.78. The predicted molar refractivity (Wildman–Crippen MR) is 98.2 cm³/mol. The number of amides is 2. The van der Waals surface area contributed by atoms with Gasteiger partial charge in [-0.05, 0) is 26.2 Å². The first-order chi connectivity index (χ1) is 12.3. The maximum absolute atomic E-state index is 12.4. The Kier molecular flexibility index (Phi) is 3.61. The van der Waals surface area contributed by atoms with E-state index in [1.54, 1.807) is 4.90 Å². The van der Waals surface area contributed by atoms with Crippen LogP contribution in [0, 0.1) is 0 Å². The molecule has 0 bridgehead atoms. The Labute approximate surface area is 152 Å². The summed E-state index contributed by atoms with van der Waals surface area (Å²) >= 11 is 0. The van der Waals surface area contributed by atoms with Crippen molar-refractivity contribution in [2.45, 2.75) is 38.4 Å². The summed E-state index contributed by atoms with van der Waals surface area (Å²) in [5.74, 6) is 0. The summed E-state index contributed by atoms with van der Waals surface area (Å²) in [6.45, 7) is 6.28. The van der Waals surface area contributed by atoms with Crippen LogP contribution in [0.1, 0.15) is 32.8 Å². The van der Waals surface area contributed by atoms with E-state index in [9.17, 15) is 9.59 Å². The zero-order valence-electron chi connectivity index (χ0n) is 15.2. The third-order valence-corrected chi connectivity index (χ3v) is 4.82. The highest BCUT2D eigenvalue weighted by Gasteiger charge is 2.49. The molecule has 2 aliphatic heterocycles. The topological polar surface area (TPSA) is 67.9 Å². The van der Waals surface area contributed by atoms with Gasteiger partial charge in [-0.3, -0.25) is 5.32 Å². The second-order valence-electron chi connectivity index (χ2n) is 7.87. The van der Waals surface area contributed by atoms with Gasteiger partial charge in [0.25, 0.3) is 0 Å².